The second-order valence-electron chi connectivity index (χ2n) is 5.03. The number of nitrogens with zero attached hydrogens (tertiary/aromatic N) is 1. The van der Waals surface area contributed by atoms with Gasteiger partial charge in [-0.3, -0.25) is 4.79 Å². The summed E-state index contributed by atoms with van der Waals surface area (Å²) in [5.41, 5.74) is 9.10. The molecule has 0 aliphatic carbocycles. The van der Waals surface area contributed by atoms with Gasteiger partial charge in [0, 0.05) is 22.9 Å². The molecule has 1 aliphatic heterocycles. The van der Waals surface area contributed by atoms with Gasteiger partial charge in [-0.2, -0.15) is 0 Å². The first kappa shape index (κ1) is 14.2. The third kappa shape index (κ3) is 2.59. The van der Waals surface area contributed by atoms with Crippen molar-refractivity contribution in [2.75, 3.05) is 17.2 Å². The topological polar surface area (TPSA) is 46.3 Å². The van der Waals surface area contributed by atoms with Gasteiger partial charge in [0.15, 0.2) is 0 Å². The highest BCUT2D eigenvalue weighted by atomic mass is 35.5. The maximum Gasteiger partial charge on any atom is 0.259 e. The maximum atomic E-state index is 12.8. The second kappa shape index (κ2) is 5.58. The van der Waals surface area contributed by atoms with E-state index in [1.807, 2.05) is 18.2 Å². The Bertz CT molecular complexity index is 715. The molecule has 1 aliphatic rings. The fraction of sp³-hybridized carbons (Fsp3) is 0.188. The van der Waals surface area contributed by atoms with Gasteiger partial charge >= 0.3 is 0 Å². The molecular formula is C16H14Cl2N2O. The van der Waals surface area contributed by atoms with Crippen molar-refractivity contribution in [1.82, 2.24) is 0 Å². The third-order valence-corrected chi connectivity index (χ3v) is 4.24. The van der Waals surface area contributed by atoms with Gasteiger partial charge in [0.2, 0.25) is 0 Å². The van der Waals surface area contributed by atoms with Crippen LogP contribution in [-0.2, 0) is 6.42 Å². The molecule has 0 atom stereocenters. The minimum absolute atomic E-state index is 0.122. The number of anilines is 2. The molecule has 2 aromatic carbocycles. The summed E-state index contributed by atoms with van der Waals surface area (Å²) in [7, 11) is 0. The summed E-state index contributed by atoms with van der Waals surface area (Å²) >= 11 is 12.0. The lowest BCUT2D eigenvalue weighted by atomic mass is 9.99. The number of carbonyl (C=O) groups excluding carboxylic acids is 1. The first-order chi connectivity index (χ1) is 10.1. The smallest absolute Gasteiger partial charge is 0.259 e. The van der Waals surface area contributed by atoms with Gasteiger partial charge in [-0.1, -0.05) is 29.3 Å². The SMILES string of the molecule is Nc1cccc2c1CCCN2C(=O)c1ccc(Cl)cc1Cl. The first-order valence-electron chi connectivity index (χ1n) is 6.72. The number of hydrogen-bond acceptors (Lipinski definition) is 2. The molecule has 2 aromatic rings. The summed E-state index contributed by atoms with van der Waals surface area (Å²) in [6, 6.07) is 10.6. The van der Waals surface area contributed by atoms with Crippen LogP contribution in [0.4, 0.5) is 11.4 Å². The summed E-state index contributed by atoms with van der Waals surface area (Å²) in [5.74, 6) is -0.122. The molecule has 1 heterocycles. The molecular weight excluding hydrogens is 307 g/mol. The number of hydrogen-bond donors (Lipinski definition) is 1. The van der Waals surface area contributed by atoms with Crippen molar-refractivity contribution in [3.63, 3.8) is 0 Å². The molecule has 21 heavy (non-hydrogen) atoms. The fourth-order valence-corrected chi connectivity index (χ4v) is 3.16. The molecule has 3 nitrogen and oxygen atoms in total. The van der Waals surface area contributed by atoms with Crippen molar-refractivity contribution >= 4 is 40.5 Å². The molecule has 3 rings (SSSR count). The van der Waals surface area contributed by atoms with E-state index >= 15 is 0 Å². The number of fused-ring (bicyclic) bond motifs is 1. The predicted molar refractivity (Wildman–Crippen MR) is 87.3 cm³/mol. The van der Waals surface area contributed by atoms with Crippen molar-refractivity contribution in [2.24, 2.45) is 0 Å². The van der Waals surface area contributed by atoms with Crippen LogP contribution < -0.4 is 10.6 Å². The lowest BCUT2D eigenvalue weighted by molar-refractivity contribution is 0.0985. The Morgan fingerprint density at radius 2 is 2.00 bits per heavy atom. The number of nitrogen functional groups attached to an aromatic ring is 1. The molecule has 0 bridgehead atoms. The number of amides is 1. The Morgan fingerprint density at radius 1 is 1.19 bits per heavy atom. The van der Waals surface area contributed by atoms with Crippen molar-refractivity contribution < 1.29 is 4.79 Å². The van der Waals surface area contributed by atoms with E-state index in [2.05, 4.69) is 0 Å². The quantitative estimate of drug-likeness (QED) is 0.801. The van der Waals surface area contributed by atoms with Gasteiger partial charge in [0.1, 0.15) is 0 Å². The molecule has 0 aromatic heterocycles. The number of benzene rings is 2. The average molecular weight is 321 g/mol. The monoisotopic (exact) mass is 320 g/mol. The molecule has 1 amide bonds. The van der Waals surface area contributed by atoms with E-state index in [0.717, 1.165) is 29.8 Å². The highest BCUT2D eigenvalue weighted by molar-refractivity contribution is 6.37. The van der Waals surface area contributed by atoms with Gasteiger partial charge in [0.25, 0.3) is 5.91 Å². The number of rotatable bonds is 1. The van der Waals surface area contributed by atoms with Crippen LogP contribution in [0.3, 0.4) is 0 Å². The normalized spacial score (nSPS) is 13.9. The molecule has 0 saturated heterocycles. The Hall–Kier alpha value is -1.71. The van der Waals surface area contributed by atoms with E-state index in [0.29, 0.717) is 22.2 Å². The van der Waals surface area contributed by atoms with Crippen LogP contribution >= 0.6 is 23.2 Å². The lowest BCUT2D eigenvalue weighted by Crippen LogP contribution is -2.35. The van der Waals surface area contributed by atoms with Crippen molar-refractivity contribution in [1.29, 1.82) is 0 Å². The van der Waals surface area contributed by atoms with Crippen molar-refractivity contribution in [3.8, 4) is 0 Å². The number of nitrogens with two attached hydrogens (primary N) is 1. The van der Waals surface area contributed by atoms with Gasteiger partial charge in [-0.15, -0.1) is 0 Å². The molecule has 0 spiro atoms. The largest absolute Gasteiger partial charge is 0.398 e. The maximum absolute atomic E-state index is 12.8. The van der Waals surface area contributed by atoms with E-state index in [1.54, 1.807) is 23.1 Å². The summed E-state index contributed by atoms with van der Waals surface area (Å²) < 4.78 is 0. The Balaban J connectivity index is 2.02. The zero-order valence-corrected chi connectivity index (χ0v) is 12.8. The molecule has 0 unspecified atom stereocenters. The van der Waals surface area contributed by atoms with E-state index in [9.17, 15) is 4.79 Å². The van der Waals surface area contributed by atoms with E-state index < -0.39 is 0 Å². The van der Waals surface area contributed by atoms with Crippen molar-refractivity contribution in [3.05, 3.63) is 57.6 Å². The Morgan fingerprint density at radius 3 is 2.76 bits per heavy atom. The number of carbonyl (C=O) groups is 1. The number of halogens is 2. The van der Waals surface area contributed by atoms with Crippen LogP contribution in [-0.4, -0.2) is 12.5 Å². The zero-order valence-electron chi connectivity index (χ0n) is 11.3. The zero-order chi connectivity index (χ0) is 15.0. The first-order valence-corrected chi connectivity index (χ1v) is 7.48. The molecule has 108 valence electrons. The van der Waals surface area contributed by atoms with E-state index in [-0.39, 0.29) is 5.91 Å². The lowest BCUT2D eigenvalue weighted by Gasteiger charge is -2.30. The van der Waals surface area contributed by atoms with E-state index in [1.165, 1.54) is 0 Å². The second-order valence-corrected chi connectivity index (χ2v) is 5.87. The van der Waals surface area contributed by atoms with Gasteiger partial charge < -0.3 is 10.6 Å². The highest BCUT2D eigenvalue weighted by Crippen LogP contribution is 2.33. The molecule has 0 fully saturated rings. The summed E-state index contributed by atoms with van der Waals surface area (Å²) in [6.45, 7) is 0.661. The predicted octanol–water partition coefficient (Wildman–Crippen LogP) is 4.17. The van der Waals surface area contributed by atoms with E-state index in [4.69, 9.17) is 28.9 Å². The van der Waals surface area contributed by atoms with Crippen molar-refractivity contribution in [2.45, 2.75) is 12.8 Å². The van der Waals surface area contributed by atoms with Gasteiger partial charge in [-0.25, -0.2) is 0 Å². The van der Waals surface area contributed by atoms with Crippen LogP contribution in [0.2, 0.25) is 10.0 Å². The molecule has 5 heteroatoms. The van der Waals surface area contributed by atoms with Crippen LogP contribution in [0, 0.1) is 0 Å². The van der Waals surface area contributed by atoms with Gasteiger partial charge in [-0.05, 0) is 48.7 Å². The van der Waals surface area contributed by atoms with Crippen LogP contribution in [0.5, 0.6) is 0 Å². The van der Waals surface area contributed by atoms with Gasteiger partial charge in [0.05, 0.1) is 10.6 Å². The summed E-state index contributed by atoms with van der Waals surface area (Å²) in [5, 5.41) is 0.878. The summed E-state index contributed by atoms with van der Waals surface area (Å²) in [6.07, 6.45) is 1.78. The summed E-state index contributed by atoms with van der Waals surface area (Å²) in [4.78, 5) is 14.5. The molecule has 0 radical (unpaired) electrons. The fourth-order valence-electron chi connectivity index (χ4n) is 2.67. The average Bonchev–Trinajstić information content (AvgIpc) is 2.46. The minimum Gasteiger partial charge on any atom is -0.398 e. The third-order valence-electron chi connectivity index (χ3n) is 3.69. The van der Waals surface area contributed by atoms with Crippen LogP contribution in [0.25, 0.3) is 0 Å². The molecule has 0 saturated carbocycles. The standard InChI is InChI=1S/C16H14Cl2N2O/c17-10-6-7-11(13(18)9-10)16(21)20-8-2-3-12-14(19)4-1-5-15(12)20/h1,4-7,9H,2-3,8,19H2. The van der Waals surface area contributed by atoms with Crippen LogP contribution in [0.15, 0.2) is 36.4 Å². The molecule has 2 N–H and O–H groups in total. The Labute approximate surface area is 133 Å². The Kier molecular flexibility index (Phi) is 3.79. The van der Waals surface area contributed by atoms with Crippen LogP contribution in [0.1, 0.15) is 22.3 Å². The highest BCUT2D eigenvalue weighted by Gasteiger charge is 2.25. The minimum atomic E-state index is -0.122.